The Morgan fingerprint density at radius 2 is 2.06 bits per heavy atom. The number of aryl methyl sites for hydroxylation is 1. The fraction of sp³-hybridized carbons (Fsp3) is 0.467. The van der Waals surface area contributed by atoms with E-state index in [2.05, 4.69) is 54.4 Å². The molecule has 1 N–H and O–H groups in total. The van der Waals surface area contributed by atoms with Crippen LogP contribution in [0.25, 0.3) is 10.9 Å². The summed E-state index contributed by atoms with van der Waals surface area (Å²) in [5.41, 5.74) is 3.27. The van der Waals surface area contributed by atoms with Crippen LogP contribution in [0.3, 0.4) is 0 Å². The molecule has 0 bridgehead atoms. The Morgan fingerprint density at radius 3 is 2.71 bits per heavy atom. The van der Waals surface area contributed by atoms with E-state index in [4.69, 9.17) is 0 Å². The van der Waals surface area contributed by atoms with E-state index >= 15 is 0 Å². The minimum Gasteiger partial charge on any atom is -0.350 e. The Balaban J connectivity index is 2.16. The molecule has 0 spiro atoms. The molecule has 2 heteroatoms. The number of hydrogen-bond donors (Lipinski definition) is 1. The highest BCUT2D eigenvalue weighted by Crippen LogP contribution is 2.46. The summed E-state index contributed by atoms with van der Waals surface area (Å²) in [6, 6.07) is 8.75. The number of para-hydroxylation sites is 1. The van der Waals surface area contributed by atoms with Gasteiger partial charge < -0.3 is 9.88 Å². The molecule has 90 valence electrons. The van der Waals surface area contributed by atoms with Gasteiger partial charge in [-0.15, -0.1) is 0 Å². The van der Waals surface area contributed by atoms with Crippen molar-refractivity contribution in [2.75, 3.05) is 13.6 Å². The molecule has 1 fully saturated rings. The number of benzene rings is 1. The SMILES string of the molecule is CNCC1(c2cn(C)c3ccccc23)CCC1. The summed E-state index contributed by atoms with van der Waals surface area (Å²) in [5, 5.41) is 4.81. The second-order valence-electron chi connectivity index (χ2n) is 5.34. The predicted molar refractivity (Wildman–Crippen MR) is 72.4 cm³/mol. The molecule has 0 amide bonds. The number of aromatic nitrogens is 1. The zero-order valence-corrected chi connectivity index (χ0v) is 10.7. The van der Waals surface area contributed by atoms with Crippen molar-refractivity contribution in [1.29, 1.82) is 0 Å². The molecule has 1 aromatic carbocycles. The molecule has 1 saturated carbocycles. The topological polar surface area (TPSA) is 17.0 Å². The maximum absolute atomic E-state index is 3.37. The van der Waals surface area contributed by atoms with E-state index in [0.29, 0.717) is 5.41 Å². The average Bonchev–Trinajstić information content (AvgIpc) is 2.63. The van der Waals surface area contributed by atoms with Gasteiger partial charge in [0, 0.05) is 36.1 Å². The van der Waals surface area contributed by atoms with Crippen LogP contribution in [-0.4, -0.2) is 18.2 Å². The predicted octanol–water partition coefficient (Wildman–Crippen LogP) is 2.82. The fourth-order valence-electron chi connectivity index (χ4n) is 3.25. The average molecular weight is 228 g/mol. The standard InChI is InChI=1S/C15H20N2/c1-16-11-15(8-5-9-15)13-10-17(2)14-7-4-3-6-12(13)14/h3-4,6-7,10,16H,5,8-9,11H2,1-2H3. The Bertz CT molecular complexity index is 535. The van der Waals surface area contributed by atoms with Crippen molar-refractivity contribution in [3.63, 3.8) is 0 Å². The third kappa shape index (κ3) is 1.51. The molecule has 1 aliphatic carbocycles. The molecule has 2 aromatic rings. The summed E-state index contributed by atoms with van der Waals surface area (Å²) >= 11 is 0. The number of nitrogens with zero attached hydrogens (tertiary/aromatic N) is 1. The molecule has 17 heavy (non-hydrogen) atoms. The first-order valence-electron chi connectivity index (χ1n) is 6.46. The van der Waals surface area contributed by atoms with Crippen LogP contribution in [0.5, 0.6) is 0 Å². The van der Waals surface area contributed by atoms with Crippen LogP contribution in [0, 0.1) is 0 Å². The van der Waals surface area contributed by atoms with Gasteiger partial charge in [0.25, 0.3) is 0 Å². The molecule has 1 aliphatic rings. The highest BCUT2D eigenvalue weighted by Gasteiger charge is 2.39. The maximum Gasteiger partial charge on any atom is 0.0480 e. The molecule has 2 nitrogen and oxygen atoms in total. The highest BCUT2D eigenvalue weighted by molar-refractivity contribution is 5.85. The van der Waals surface area contributed by atoms with Crippen LogP contribution in [0.4, 0.5) is 0 Å². The number of nitrogens with one attached hydrogen (secondary N) is 1. The van der Waals surface area contributed by atoms with E-state index in [-0.39, 0.29) is 0 Å². The summed E-state index contributed by atoms with van der Waals surface area (Å²) < 4.78 is 2.26. The third-order valence-corrected chi connectivity index (χ3v) is 4.29. The van der Waals surface area contributed by atoms with Crippen LogP contribution in [0.15, 0.2) is 30.5 Å². The maximum atomic E-state index is 3.37. The van der Waals surface area contributed by atoms with Crippen LogP contribution in [0.2, 0.25) is 0 Å². The van der Waals surface area contributed by atoms with E-state index in [1.54, 1.807) is 0 Å². The van der Waals surface area contributed by atoms with Crippen LogP contribution >= 0.6 is 0 Å². The minimum absolute atomic E-state index is 0.385. The van der Waals surface area contributed by atoms with Gasteiger partial charge in [0.2, 0.25) is 0 Å². The molecule has 0 aliphatic heterocycles. The first kappa shape index (κ1) is 10.8. The fourth-order valence-corrected chi connectivity index (χ4v) is 3.25. The van der Waals surface area contributed by atoms with Crippen LogP contribution in [-0.2, 0) is 12.5 Å². The van der Waals surface area contributed by atoms with Crippen LogP contribution in [0.1, 0.15) is 24.8 Å². The number of rotatable bonds is 3. The first-order chi connectivity index (χ1) is 8.27. The molecule has 0 radical (unpaired) electrons. The summed E-state index contributed by atoms with van der Waals surface area (Å²) in [6.45, 7) is 1.10. The van der Waals surface area contributed by atoms with E-state index in [0.717, 1.165) is 6.54 Å². The smallest absolute Gasteiger partial charge is 0.0480 e. The van der Waals surface area contributed by atoms with E-state index in [9.17, 15) is 0 Å². The highest BCUT2D eigenvalue weighted by atomic mass is 14.9. The van der Waals surface area contributed by atoms with Gasteiger partial charge in [-0.2, -0.15) is 0 Å². The lowest BCUT2D eigenvalue weighted by Gasteiger charge is -2.42. The van der Waals surface area contributed by atoms with Crippen molar-refractivity contribution >= 4 is 10.9 Å². The number of fused-ring (bicyclic) bond motifs is 1. The summed E-state index contributed by atoms with van der Waals surface area (Å²) in [4.78, 5) is 0. The van der Waals surface area contributed by atoms with E-state index in [1.807, 2.05) is 0 Å². The lowest BCUT2D eigenvalue weighted by atomic mass is 9.64. The van der Waals surface area contributed by atoms with Crippen molar-refractivity contribution < 1.29 is 0 Å². The summed E-state index contributed by atoms with van der Waals surface area (Å²) in [5.74, 6) is 0. The number of likely N-dealkylation sites (N-methyl/N-ethyl adjacent to an activating group) is 1. The normalized spacial score (nSPS) is 18.2. The van der Waals surface area contributed by atoms with Crippen molar-refractivity contribution in [2.45, 2.75) is 24.7 Å². The second kappa shape index (κ2) is 3.88. The summed E-state index contributed by atoms with van der Waals surface area (Å²) in [7, 11) is 4.21. The van der Waals surface area contributed by atoms with E-state index < -0.39 is 0 Å². The van der Waals surface area contributed by atoms with E-state index in [1.165, 1.54) is 35.7 Å². The molecular formula is C15H20N2. The summed E-state index contributed by atoms with van der Waals surface area (Å²) in [6.07, 6.45) is 6.34. The van der Waals surface area contributed by atoms with Crippen molar-refractivity contribution in [2.24, 2.45) is 7.05 Å². The molecule has 0 saturated heterocycles. The van der Waals surface area contributed by atoms with Gasteiger partial charge in [-0.3, -0.25) is 0 Å². The monoisotopic (exact) mass is 228 g/mol. The Hall–Kier alpha value is -1.28. The largest absolute Gasteiger partial charge is 0.350 e. The molecule has 1 aromatic heterocycles. The Kier molecular flexibility index (Phi) is 2.48. The van der Waals surface area contributed by atoms with Crippen molar-refractivity contribution in [1.82, 2.24) is 9.88 Å². The van der Waals surface area contributed by atoms with Crippen molar-refractivity contribution in [3.8, 4) is 0 Å². The van der Waals surface area contributed by atoms with Gasteiger partial charge in [0.05, 0.1) is 0 Å². The van der Waals surface area contributed by atoms with Gasteiger partial charge in [0.1, 0.15) is 0 Å². The lowest BCUT2D eigenvalue weighted by molar-refractivity contribution is 0.241. The lowest BCUT2D eigenvalue weighted by Crippen LogP contribution is -2.42. The second-order valence-corrected chi connectivity index (χ2v) is 5.34. The molecule has 3 rings (SSSR count). The molecule has 1 heterocycles. The van der Waals surface area contributed by atoms with Gasteiger partial charge in [-0.05, 0) is 31.5 Å². The van der Waals surface area contributed by atoms with Gasteiger partial charge in [0.15, 0.2) is 0 Å². The zero-order valence-electron chi connectivity index (χ0n) is 10.7. The molecule has 0 atom stereocenters. The number of hydrogen-bond acceptors (Lipinski definition) is 1. The Labute approximate surface area is 103 Å². The minimum atomic E-state index is 0.385. The van der Waals surface area contributed by atoms with Gasteiger partial charge in [-0.25, -0.2) is 0 Å². The third-order valence-electron chi connectivity index (χ3n) is 4.29. The van der Waals surface area contributed by atoms with Crippen molar-refractivity contribution in [3.05, 3.63) is 36.0 Å². The van der Waals surface area contributed by atoms with Gasteiger partial charge in [-0.1, -0.05) is 24.6 Å². The zero-order chi connectivity index (χ0) is 11.9. The first-order valence-corrected chi connectivity index (χ1v) is 6.46. The van der Waals surface area contributed by atoms with Crippen LogP contribution < -0.4 is 5.32 Å². The van der Waals surface area contributed by atoms with Gasteiger partial charge >= 0.3 is 0 Å². The quantitative estimate of drug-likeness (QED) is 0.854. The Morgan fingerprint density at radius 1 is 1.29 bits per heavy atom. The molecular weight excluding hydrogens is 208 g/mol. The molecule has 0 unspecified atom stereocenters.